The number of alkyl halides is 3. The van der Waals surface area contributed by atoms with Gasteiger partial charge in [0, 0.05) is 6.54 Å². The smallest absolute Gasteiger partial charge is 0.422 e. The third-order valence-corrected chi connectivity index (χ3v) is 2.13. The molecule has 1 rings (SSSR count). The van der Waals surface area contributed by atoms with Gasteiger partial charge in [0.15, 0.2) is 6.61 Å². The molecule has 0 aliphatic carbocycles. The second kappa shape index (κ2) is 6.78. The highest BCUT2D eigenvalue weighted by atomic mass is 19.4. The molecule has 0 saturated heterocycles. The van der Waals surface area contributed by atoms with Crippen molar-refractivity contribution in [3.8, 4) is 5.75 Å². The summed E-state index contributed by atoms with van der Waals surface area (Å²) in [5.41, 5.74) is 0.614. The Morgan fingerprint density at radius 2 is 1.80 bits per heavy atom. The second-order valence-corrected chi connectivity index (χ2v) is 3.90. The van der Waals surface area contributed by atoms with Crippen molar-refractivity contribution >= 4 is 11.9 Å². The van der Waals surface area contributed by atoms with E-state index in [9.17, 15) is 22.8 Å². The fourth-order valence-corrected chi connectivity index (χ4v) is 1.27. The summed E-state index contributed by atoms with van der Waals surface area (Å²) in [5.74, 6) is -1.82. The normalized spacial score (nSPS) is 10.9. The molecule has 0 radical (unpaired) electrons. The molecule has 8 heteroatoms. The van der Waals surface area contributed by atoms with E-state index in [4.69, 9.17) is 5.11 Å². The van der Waals surface area contributed by atoms with Crippen molar-refractivity contribution in [2.24, 2.45) is 0 Å². The predicted octanol–water partition coefficient (Wildman–Crippen LogP) is 1.72. The number of carboxylic acids is 1. The minimum atomic E-state index is -4.40. The maximum atomic E-state index is 11.9. The molecule has 0 fully saturated rings. The number of carbonyl (C=O) groups excluding carboxylic acids is 1. The molecular formula is C12H12F3NO4. The number of amides is 1. The van der Waals surface area contributed by atoms with Crippen LogP contribution in [-0.2, 0) is 16.1 Å². The second-order valence-electron chi connectivity index (χ2n) is 3.90. The molecule has 0 aliphatic heterocycles. The van der Waals surface area contributed by atoms with Crippen LogP contribution >= 0.6 is 0 Å². The van der Waals surface area contributed by atoms with Gasteiger partial charge in [-0.05, 0) is 17.7 Å². The topological polar surface area (TPSA) is 75.6 Å². The first-order valence-corrected chi connectivity index (χ1v) is 5.53. The maximum Gasteiger partial charge on any atom is 0.422 e. The quantitative estimate of drug-likeness (QED) is 0.782. The number of aliphatic carboxylic acids is 1. The molecule has 2 N–H and O–H groups in total. The maximum absolute atomic E-state index is 11.9. The van der Waals surface area contributed by atoms with Crippen LogP contribution in [0, 0.1) is 0 Å². The van der Waals surface area contributed by atoms with Crippen LogP contribution in [0.25, 0.3) is 0 Å². The van der Waals surface area contributed by atoms with E-state index >= 15 is 0 Å². The van der Waals surface area contributed by atoms with E-state index in [1.165, 1.54) is 24.3 Å². The van der Waals surface area contributed by atoms with E-state index in [1.54, 1.807) is 0 Å². The Labute approximate surface area is 112 Å². The molecule has 1 amide bonds. The summed E-state index contributed by atoms with van der Waals surface area (Å²) in [6.07, 6.45) is -5.03. The summed E-state index contributed by atoms with van der Waals surface area (Å²) >= 11 is 0. The number of carbonyl (C=O) groups is 2. The Morgan fingerprint density at radius 1 is 1.20 bits per heavy atom. The minimum absolute atomic E-state index is 0.0583. The molecule has 1 aromatic carbocycles. The molecule has 0 atom stereocenters. The van der Waals surface area contributed by atoms with Gasteiger partial charge in [0.25, 0.3) is 0 Å². The highest BCUT2D eigenvalue weighted by Crippen LogP contribution is 2.18. The Balaban J connectivity index is 2.42. The summed E-state index contributed by atoms with van der Waals surface area (Å²) < 4.78 is 40.3. The van der Waals surface area contributed by atoms with E-state index in [0.717, 1.165) is 0 Å². The predicted molar refractivity (Wildman–Crippen MR) is 62.1 cm³/mol. The first-order valence-electron chi connectivity index (χ1n) is 5.53. The lowest BCUT2D eigenvalue weighted by atomic mass is 10.2. The summed E-state index contributed by atoms with van der Waals surface area (Å²) in [6.45, 7) is -1.28. The number of ether oxygens (including phenoxy) is 1. The van der Waals surface area contributed by atoms with Crippen LogP contribution in [0.4, 0.5) is 13.2 Å². The van der Waals surface area contributed by atoms with Gasteiger partial charge in [0.2, 0.25) is 5.91 Å². The summed E-state index contributed by atoms with van der Waals surface area (Å²) in [7, 11) is 0. The third-order valence-electron chi connectivity index (χ3n) is 2.13. The van der Waals surface area contributed by atoms with Gasteiger partial charge in [-0.3, -0.25) is 9.59 Å². The summed E-state index contributed by atoms with van der Waals surface area (Å²) in [6, 6.07) is 5.63. The number of hydrogen-bond donors (Lipinski definition) is 2. The van der Waals surface area contributed by atoms with Gasteiger partial charge in [-0.1, -0.05) is 12.1 Å². The van der Waals surface area contributed by atoms with Crippen LogP contribution in [0.3, 0.4) is 0 Å². The number of nitrogens with one attached hydrogen (secondary N) is 1. The highest BCUT2D eigenvalue weighted by molar-refractivity contribution is 5.93. The van der Waals surface area contributed by atoms with Gasteiger partial charge >= 0.3 is 12.1 Å². The van der Waals surface area contributed by atoms with Gasteiger partial charge < -0.3 is 15.2 Å². The van der Waals surface area contributed by atoms with Gasteiger partial charge in [-0.2, -0.15) is 13.2 Å². The Hall–Kier alpha value is -2.25. The lowest BCUT2D eigenvalue weighted by molar-refractivity contribution is -0.153. The van der Waals surface area contributed by atoms with Crippen LogP contribution < -0.4 is 10.1 Å². The van der Waals surface area contributed by atoms with Crippen LogP contribution in [0.5, 0.6) is 5.75 Å². The number of halogens is 3. The minimum Gasteiger partial charge on any atom is -0.484 e. The Bertz CT molecular complexity index is 471. The highest BCUT2D eigenvalue weighted by Gasteiger charge is 2.28. The Kier molecular flexibility index (Phi) is 5.36. The first kappa shape index (κ1) is 15.8. The molecule has 0 bridgehead atoms. The molecule has 0 aromatic heterocycles. The molecule has 110 valence electrons. The van der Waals surface area contributed by atoms with Crippen LogP contribution in [-0.4, -0.2) is 29.8 Å². The lowest BCUT2D eigenvalue weighted by Crippen LogP contribution is -2.25. The van der Waals surface area contributed by atoms with E-state index in [2.05, 4.69) is 10.1 Å². The van der Waals surface area contributed by atoms with E-state index in [0.29, 0.717) is 5.56 Å². The molecule has 1 aromatic rings. The van der Waals surface area contributed by atoms with Gasteiger partial charge in [0.1, 0.15) is 12.2 Å². The van der Waals surface area contributed by atoms with Crippen molar-refractivity contribution < 1.29 is 32.6 Å². The van der Waals surface area contributed by atoms with E-state index in [-0.39, 0.29) is 12.3 Å². The Morgan fingerprint density at radius 3 is 2.30 bits per heavy atom. The van der Waals surface area contributed by atoms with E-state index in [1.807, 2.05) is 0 Å². The zero-order valence-electron chi connectivity index (χ0n) is 10.2. The molecular weight excluding hydrogens is 279 g/mol. The van der Waals surface area contributed by atoms with Crippen molar-refractivity contribution in [2.45, 2.75) is 19.1 Å². The SMILES string of the molecule is O=C(O)CC(=O)NCc1ccc(OCC(F)(F)F)cc1. The zero-order valence-corrected chi connectivity index (χ0v) is 10.2. The summed E-state index contributed by atoms with van der Waals surface area (Å²) in [5, 5.41) is 10.7. The monoisotopic (exact) mass is 291 g/mol. The largest absolute Gasteiger partial charge is 0.484 e. The average molecular weight is 291 g/mol. The molecule has 0 heterocycles. The van der Waals surface area contributed by atoms with Gasteiger partial charge in [-0.25, -0.2) is 0 Å². The summed E-state index contributed by atoms with van der Waals surface area (Å²) in [4.78, 5) is 21.3. The molecule has 0 saturated carbocycles. The molecule has 20 heavy (non-hydrogen) atoms. The number of carboxylic acid groups (broad SMARTS) is 1. The van der Waals surface area contributed by atoms with Crippen molar-refractivity contribution in [1.82, 2.24) is 5.32 Å². The number of rotatable bonds is 6. The van der Waals surface area contributed by atoms with Crippen LogP contribution in [0.2, 0.25) is 0 Å². The number of hydrogen-bond acceptors (Lipinski definition) is 3. The standard InChI is InChI=1S/C12H12F3NO4/c13-12(14,15)7-20-9-3-1-8(2-4-9)6-16-10(17)5-11(18)19/h1-4H,5-7H2,(H,16,17)(H,18,19). The van der Waals surface area contributed by atoms with Gasteiger partial charge in [-0.15, -0.1) is 0 Å². The fraction of sp³-hybridized carbons (Fsp3) is 0.333. The third kappa shape index (κ3) is 6.62. The van der Waals surface area contributed by atoms with Crippen molar-refractivity contribution in [3.63, 3.8) is 0 Å². The van der Waals surface area contributed by atoms with Crippen LogP contribution in [0.15, 0.2) is 24.3 Å². The van der Waals surface area contributed by atoms with Crippen molar-refractivity contribution in [1.29, 1.82) is 0 Å². The lowest BCUT2D eigenvalue weighted by Gasteiger charge is -2.09. The van der Waals surface area contributed by atoms with E-state index < -0.39 is 31.1 Å². The first-order chi connectivity index (χ1) is 9.26. The molecule has 0 spiro atoms. The zero-order chi connectivity index (χ0) is 15.2. The molecule has 0 aliphatic rings. The molecule has 0 unspecified atom stereocenters. The van der Waals surface area contributed by atoms with Crippen LogP contribution in [0.1, 0.15) is 12.0 Å². The van der Waals surface area contributed by atoms with Crippen molar-refractivity contribution in [3.05, 3.63) is 29.8 Å². The van der Waals surface area contributed by atoms with Gasteiger partial charge in [0.05, 0.1) is 0 Å². The van der Waals surface area contributed by atoms with Crippen molar-refractivity contribution in [2.75, 3.05) is 6.61 Å². The molecule has 5 nitrogen and oxygen atoms in total. The number of benzene rings is 1. The fourth-order valence-electron chi connectivity index (χ4n) is 1.27. The average Bonchev–Trinajstić information content (AvgIpc) is 2.33.